The summed E-state index contributed by atoms with van der Waals surface area (Å²) in [6.45, 7) is 2.08. The van der Waals surface area contributed by atoms with E-state index in [1.54, 1.807) is 0 Å². The Morgan fingerprint density at radius 1 is 1.31 bits per heavy atom. The van der Waals surface area contributed by atoms with E-state index in [1.807, 2.05) is 0 Å². The van der Waals surface area contributed by atoms with E-state index in [4.69, 9.17) is 23.2 Å². The number of rotatable bonds is 2. The van der Waals surface area contributed by atoms with Crippen molar-refractivity contribution >= 4 is 23.2 Å². The zero-order chi connectivity index (χ0) is 9.26. The van der Waals surface area contributed by atoms with Gasteiger partial charge in [-0.05, 0) is 31.6 Å². The third-order valence-electron chi connectivity index (χ3n) is 3.30. The van der Waals surface area contributed by atoms with Gasteiger partial charge in [0, 0.05) is 29.7 Å². The fraction of sp³-hybridized carbons (Fsp3) is 0.800. The predicted molar refractivity (Wildman–Crippen MR) is 57.1 cm³/mol. The molecule has 2 heterocycles. The highest BCUT2D eigenvalue weighted by molar-refractivity contribution is 6.36. The molecule has 3 aliphatic rings. The zero-order valence-electron chi connectivity index (χ0n) is 7.68. The summed E-state index contributed by atoms with van der Waals surface area (Å²) >= 11 is 11.5. The minimum atomic E-state index is 0.772. The van der Waals surface area contributed by atoms with Crippen LogP contribution >= 0.6 is 23.2 Å². The maximum atomic E-state index is 5.92. The number of halogens is 2. The van der Waals surface area contributed by atoms with Crippen LogP contribution in [0, 0.1) is 5.92 Å². The summed E-state index contributed by atoms with van der Waals surface area (Å²) in [6, 6.07) is 0.773. The average Bonchev–Trinajstić information content (AvgIpc) is 2.19. The van der Waals surface area contributed by atoms with Crippen LogP contribution in [0.3, 0.4) is 0 Å². The van der Waals surface area contributed by atoms with Crippen molar-refractivity contribution in [2.24, 2.45) is 5.92 Å². The number of hydrogen-bond donors (Lipinski definition) is 0. The van der Waals surface area contributed by atoms with Crippen molar-refractivity contribution in [1.29, 1.82) is 0 Å². The first-order valence-corrected chi connectivity index (χ1v) is 5.80. The summed E-state index contributed by atoms with van der Waals surface area (Å²) in [7, 11) is 0. The summed E-state index contributed by atoms with van der Waals surface area (Å²) in [5.41, 5.74) is 1.49. The molecule has 1 saturated carbocycles. The molecule has 74 valence electrons. The van der Waals surface area contributed by atoms with Crippen LogP contribution in [0.2, 0.25) is 0 Å². The SMILES string of the molecule is Cl/C=C(/Cl)CN1CC2CCC1CC2. The van der Waals surface area contributed by atoms with Crippen LogP contribution in [0.5, 0.6) is 0 Å². The van der Waals surface area contributed by atoms with Gasteiger partial charge in [0.25, 0.3) is 0 Å². The Kier molecular flexibility index (Phi) is 3.18. The lowest BCUT2D eigenvalue weighted by Gasteiger charge is -2.45. The molecule has 3 rings (SSSR count). The molecular formula is C10H15Cl2N. The van der Waals surface area contributed by atoms with Crippen molar-refractivity contribution in [2.75, 3.05) is 13.1 Å². The van der Waals surface area contributed by atoms with Gasteiger partial charge in [-0.1, -0.05) is 23.2 Å². The Hall–Kier alpha value is 0.280. The third kappa shape index (κ3) is 2.20. The summed E-state index contributed by atoms with van der Waals surface area (Å²) in [5, 5.41) is 0.772. The maximum Gasteiger partial charge on any atom is 0.0434 e. The fourth-order valence-corrected chi connectivity index (χ4v) is 2.82. The number of fused-ring (bicyclic) bond motifs is 3. The van der Waals surface area contributed by atoms with E-state index in [2.05, 4.69) is 4.90 Å². The minimum absolute atomic E-state index is 0.772. The Labute approximate surface area is 89.7 Å². The number of nitrogens with zero attached hydrogens (tertiary/aromatic N) is 1. The van der Waals surface area contributed by atoms with Crippen molar-refractivity contribution < 1.29 is 0 Å². The molecule has 0 radical (unpaired) electrons. The second kappa shape index (κ2) is 4.20. The monoisotopic (exact) mass is 219 g/mol. The summed E-state index contributed by atoms with van der Waals surface area (Å²) in [6.07, 6.45) is 5.56. The zero-order valence-corrected chi connectivity index (χ0v) is 9.19. The number of piperidine rings is 2. The molecule has 2 bridgehead atoms. The standard InChI is InChI=1S/C10H15Cl2N/c11-5-9(12)7-13-6-8-1-3-10(13)4-2-8/h5,8,10H,1-4,6-7H2/b9-5+. The van der Waals surface area contributed by atoms with E-state index in [0.29, 0.717) is 0 Å². The van der Waals surface area contributed by atoms with Gasteiger partial charge in [0.1, 0.15) is 0 Å². The van der Waals surface area contributed by atoms with E-state index >= 15 is 0 Å². The summed E-state index contributed by atoms with van der Waals surface area (Å²) in [4.78, 5) is 2.49. The van der Waals surface area contributed by atoms with Crippen LogP contribution < -0.4 is 0 Å². The number of hydrogen-bond acceptors (Lipinski definition) is 1. The van der Waals surface area contributed by atoms with E-state index in [9.17, 15) is 0 Å². The van der Waals surface area contributed by atoms with Gasteiger partial charge in [-0.2, -0.15) is 0 Å². The lowest BCUT2D eigenvalue weighted by Crippen LogP contribution is -2.48. The van der Waals surface area contributed by atoms with Crippen molar-refractivity contribution in [1.82, 2.24) is 4.90 Å². The molecule has 0 amide bonds. The minimum Gasteiger partial charge on any atom is -0.295 e. The van der Waals surface area contributed by atoms with Crippen LogP contribution in [-0.2, 0) is 0 Å². The lowest BCUT2D eigenvalue weighted by atomic mass is 9.80. The Morgan fingerprint density at radius 2 is 2.00 bits per heavy atom. The fourth-order valence-electron chi connectivity index (χ4n) is 2.60. The average molecular weight is 220 g/mol. The van der Waals surface area contributed by atoms with Gasteiger partial charge in [-0.25, -0.2) is 0 Å². The lowest BCUT2D eigenvalue weighted by molar-refractivity contribution is 0.0586. The maximum absolute atomic E-state index is 5.92. The highest BCUT2D eigenvalue weighted by Gasteiger charge is 2.33. The highest BCUT2D eigenvalue weighted by Crippen LogP contribution is 2.35. The van der Waals surface area contributed by atoms with Gasteiger partial charge in [0.05, 0.1) is 0 Å². The van der Waals surface area contributed by atoms with E-state index < -0.39 is 0 Å². The molecule has 13 heavy (non-hydrogen) atoms. The second-order valence-electron chi connectivity index (χ2n) is 4.16. The van der Waals surface area contributed by atoms with Crippen LogP contribution in [0.4, 0.5) is 0 Å². The van der Waals surface area contributed by atoms with Crippen molar-refractivity contribution in [3.63, 3.8) is 0 Å². The van der Waals surface area contributed by atoms with Crippen LogP contribution in [0.15, 0.2) is 10.6 Å². The van der Waals surface area contributed by atoms with Gasteiger partial charge < -0.3 is 0 Å². The molecule has 1 aliphatic carbocycles. The van der Waals surface area contributed by atoms with E-state index in [0.717, 1.165) is 23.5 Å². The van der Waals surface area contributed by atoms with Crippen molar-refractivity contribution in [2.45, 2.75) is 31.7 Å². The first kappa shape index (κ1) is 9.82. The molecule has 2 saturated heterocycles. The molecule has 2 aliphatic heterocycles. The van der Waals surface area contributed by atoms with Crippen LogP contribution in [0.25, 0.3) is 0 Å². The molecule has 0 unspecified atom stereocenters. The quantitative estimate of drug-likeness (QED) is 0.690. The van der Waals surface area contributed by atoms with Crippen molar-refractivity contribution in [3.8, 4) is 0 Å². The Balaban J connectivity index is 1.93. The molecule has 0 N–H and O–H groups in total. The molecule has 0 aromatic rings. The summed E-state index contributed by atoms with van der Waals surface area (Å²) in [5.74, 6) is 0.921. The molecule has 0 spiro atoms. The Morgan fingerprint density at radius 3 is 2.46 bits per heavy atom. The van der Waals surface area contributed by atoms with Crippen LogP contribution in [0.1, 0.15) is 25.7 Å². The Bertz CT molecular complexity index is 207. The van der Waals surface area contributed by atoms with Crippen molar-refractivity contribution in [3.05, 3.63) is 10.6 Å². The molecule has 1 nitrogen and oxygen atoms in total. The molecule has 0 aromatic heterocycles. The first-order chi connectivity index (χ1) is 6.29. The second-order valence-corrected chi connectivity index (χ2v) is 4.86. The largest absolute Gasteiger partial charge is 0.295 e. The topological polar surface area (TPSA) is 3.24 Å². The van der Waals surface area contributed by atoms with Gasteiger partial charge in [0.15, 0.2) is 0 Å². The first-order valence-electron chi connectivity index (χ1n) is 4.98. The molecular weight excluding hydrogens is 205 g/mol. The van der Waals surface area contributed by atoms with Gasteiger partial charge in [-0.3, -0.25) is 4.90 Å². The third-order valence-corrected chi connectivity index (χ3v) is 3.90. The van der Waals surface area contributed by atoms with Gasteiger partial charge in [0.2, 0.25) is 0 Å². The molecule has 0 atom stereocenters. The van der Waals surface area contributed by atoms with Gasteiger partial charge in [-0.15, -0.1) is 0 Å². The van der Waals surface area contributed by atoms with E-state index in [1.165, 1.54) is 37.8 Å². The highest BCUT2D eigenvalue weighted by atomic mass is 35.5. The van der Waals surface area contributed by atoms with Gasteiger partial charge >= 0.3 is 0 Å². The summed E-state index contributed by atoms with van der Waals surface area (Å²) < 4.78 is 0. The predicted octanol–water partition coefficient (Wildman–Crippen LogP) is 3.18. The molecule has 3 fully saturated rings. The smallest absolute Gasteiger partial charge is 0.0434 e. The van der Waals surface area contributed by atoms with E-state index in [-0.39, 0.29) is 0 Å². The molecule has 3 heteroatoms. The molecule has 0 aromatic carbocycles. The normalized spacial score (nSPS) is 35.4. The van der Waals surface area contributed by atoms with Crippen LogP contribution in [-0.4, -0.2) is 24.0 Å².